The zero-order valence-electron chi connectivity index (χ0n) is 12.4. The van der Waals surface area contributed by atoms with E-state index >= 15 is 0 Å². The zero-order chi connectivity index (χ0) is 18.3. The molecular formula is C12H16N6O6. The summed E-state index contributed by atoms with van der Waals surface area (Å²) >= 11 is 0. The predicted octanol–water partition coefficient (Wildman–Crippen LogP) is -1.95. The topological polar surface area (TPSA) is 211 Å². The Morgan fingerprint density at radius 3 is 1.42 bits per heavy atom. The van der Waals surface area contributed by atoms with Crippen molar-refractivity contribution in [2.24, 2.45) is 0 Å². The van der Waals surface area contributed by atoms with E-state index in [2.05, 4.69) is 20.6 Å². The number of carboxylic acids is 2. The number of nitrogens with one attached hydrogen (secondary N) is 2. The van der Waals surface area contributed by atoms with Gasteiger partial charge in [-0.3, -0.25) is 19.2 Å². The van der Waals surface area contributed by atoms with Gasteiger partial charge in [-0.2, -0.15) is 0 Å². The normalized spacial score (nSPS) is 10.0. The van der Waals surface area contributed by atoms with E-state index in [1.54, 1.807) is 0 Å². The van der Waals surface area contributed by atoms with Gasteiger partial charge in [0.25, 0.3) is 11.8 Å². The molecule has 2 amide bonds. The maximum Gasteiger partial charge on any atom is 0.305 e. The summed E-state index contributed by atoms with van der Waals surface area (Å²) in [6.07, 6.45) is -0.586. The number of amides is 2. The second-order valence-corrected chi connectivity index (χ2v) is 4.49. The predicted molar refractivity (Wildman–Crippen MR) is 80.0 cm³/mol. The van der Waals surface area contributed by atoms with Crippen molar-refractivity contribution in [1.82, 2.24) is 20.6 Å². The van der Waals surface area contributed by atoms with Crippen molar-refractivity contribution in [3.63, 3.8) is 0 Å². The third-order valence-electron chi connectivity index (χ3n) is 2.63. The SMILES string of the molecule is Nc1nc(C(=O)NCCC(=O)O)c(N)nc1C(=O)NCCC(=O)O. The minimum absolute atomic E-state index is 0.146. The molecule has 0 bridgehead atoms. The summed E-state index contributed by atoms with van der Waals surface area (Å²) in [6, 6.07) is 0. The monoisotopic (exact) mass is 340 g/mol. The van der Waals surface area contributed by atoms with Crippen LogP contribution in [0.1, 0.15) is 33.8 Å². The minimum atomic E-state index is -1.10. The van der Waals surface area contributed by atoms with E-state index in [1.165, 1.54) is 0 Å². The van der Waals surface area contributed by atoms with Crippen LogP contribution in [-0.4, -0.2) is 57.0 Å². The van der Waals surface area contributed by atoms with Gasteiger partial charge in [0.05, 0.1) is 12.8 Å². The number of hydrogen-bond donors (Lipinski definition) is 6. The highest BCUT2D eigenvalue weighted by atomic mass is 16.4. The Balaban J connectivity index is 2.81. The van der Waals surface area contributed by atoms with Crippen molar-refractivity contribution in [2.75, 3.05) is 24.6 Å². The van der Waals surface area contributed by atoms with Crippen LogP contribution in [0.3, 0.4) is 0 Å². The standard InChI is InChI=1S/C12H16N6O6/c13-9-7(11(23)15-3-1-5(19)20)17-10(14)8(18-9)12(24)16-4-2-6(21)22/h1-4H2,(H2,14,17)(H2,13,18)(H,15,23)(H,16,24)(H,19,20)(H,21,22). The molecule has 0 aliphatic heterocycles. The fraction of sp³-hybridized carbons (Fsp3) is 0.333. The van der Waals surface area contributed by atoms with Crippen LogP contribution < -0.4 is 22.1 Å². The molecule has 0 aliphatic carbocycles. The number of nitrogens with two attached hydrogens (primary N) is 2. The van der Waals surface area contributed by atoms with Crippen LogP contribution in [0.2, 0.25) is 0 Å². The van der Waals surface area contributed by atoms with Gasteiger partial charge in [0.2, 0.25) is 0 Å². The lowest BCUT2D eigenvalue weighted by molar-refractivity contribution is -0.137. The van der Waals surface area contributed by atoms with Crippen molar-refractivity contribution >= 4 is 35.4 Å². The second-order valence-electron chi connectivity index (χ2n) is 4.49. The van der Waals surface area contributed by atoms with E-state index in [-0.39, 0.29) is 49.0 Å². The summed E-state index contributed by atoms with van der Waals surface area (Å²) in [4.78, 5) is 51.8. The van der Waals surface area contributed by atoms with Crippen LogP contribution >= 0.6 is 0 Å². The Bertz CT molecular complexity index is 618. The molecule has 130 valence electrons. The summed E-state index contributed by atoms with van der Waals surface area (Å²) in [7, 11) is 0. The van der Waals surface area contributed by atoms with Crippen LogP contribution in [0.25, 0.3) is 0 Å². The van der Waals surface area contributed by atoms with Gasteiger partial charge in [-0.25, -0.2) is 9.97 Å². The largest absolute Gasteiger partial charge is 0.481 e. The molecule has 0 spiro atoms. The molecule has 0 saturated heterocycles. The first kappa shape index (κ1) is 18.6. The van der Waals surface area contributed by atoms with Gasteiger partial charge in [-0.15, -0.1) is 0 Å². The Kier molecular flexibility index (Phi) is 6.40. The van der Waals surface area contributed by atoms with Crippen molar-refractivity contribution in [1.29, 1.82) is 0 Å². The summed E-state index contributed by atoms with van der Waals surface area (Å²) in [6.45, 7) is -0.292. The highest BCUT2D eigenvalue weighted by molar-refractivity contribution is 6.00. The van der Waals surface area contributed by atoms with Crippen molar-refractivity contribution in [3.05, 3.63) is 11.4 Å². The molecule has 0 radical (unpaired) electrons. The molecule has 8 N–H and O–H groups in total. The van der Waals surface area contributed by atoms with E-state index in [0.29, 0.717) is 0 Å². The third-order valence-corrected chi connectivity index (χ3v) is 2.63. The first-order valence-corrected chi connectivity index (χ1v) is 6.65. The summed E-state index contributed by atoms with van der Waals surface area (Å²) in [5, 5.41) is 21.5. The lowest BCUT2D eigenvalue weighted by Crippen LogP contribution is -2.31. The fourth-order valence-electron chi connectivity index (χ4n) is 1.53. The Morgan fingerprint density at radius 1 is 0.792 bits per heavy atom. The van der Waals surface area contributed by atoms with Gasteiger partial charge in [0, 0.05) is 13.1 Å². The molecule has 0 unspecified atom stereocenters. The van der Waals surface area contributed by atoms with Gasteiger partial charge in [0.1, 0.15) is 0 Å². The van der Waals surface area contributed by atoms with Crippen LogP contribution in [0, 0.1) is 0 Å². The second kappa shape index (κ2) is 8.26. The highest BCUT2D eigenvalue weighted by Gasteiger charge is 2.20. The molecule has 0 aromatic carbocycles. The summed E-state index contributed by atoms with van der Waals surface area (Å²) in [5.74, 6) is -4.51. The molecule has 12 nitrogen and oxygen atoms in total. The Morgan fingerprint density at radius 2 is 1.12 bits per heavy atom. The molecule has 1 rings (SSSR count). The average Bonchev–Trinajstić information content (AvgIpc) is 2.48. The number of carboxylic acid groups (broad SMARTS) is 2. The first-order chi connectivity index (χ1) is 11.2. The molecule has 0 saturated carbocycles. The Labute approximate surface area is 135 Å². The van der Waals surface area contributed by atoms with Crippen LogP contribution in [0.4, 0.5) is 11.6 Å². The highest BCUT2D eigenvalue weighted by Crippen LogP contribution is 2.13. The van der Waals surface area contributed by atoms with Crippen LogP contribution in [0.15, 0.2) is 0 Å². The zero-order valence-corrected chi connectivity index (χ0v) is 12.4. The number of aromatic nitrogens is 2. The number of hydrogen-bond acceptors (Lipinski definition) is 8. The van der Waals surface area contributed by atoms with E-state index in [0.717, 1.165) is 0 Å². The van der Waals surface area contributed by atoms with Crippen LogP contribution in [0.5, 0.6) is 0 Å². The first-order valence-electron chi connectivity index (χ1n) is 6.65. The van der Waals surface area contributed by atoms with Crippen LogP contribution in [-0.2, 0) is 9.59 Å². The van der Waals surface area contributed by atoms with Gasteiger partial charge in [-0.05, 0) is 0 Å². The smallest absolute Gasteiger partial charge is 0.305 e. The van der Waals surface area contributed by atoms with Crippen molar-refractivity contribution in [3.8, 4) is 0 Å². The molecule has 0 atom stereocenters. The minimum Gasteiger partial charge on any atom is -0.481 e. The summed E-state index contributed by atoms with van der Waals surface area (Å²) in [5.41, 5.74) is 10.4. The lowest BCUT2D eigenvalue weighted by Gasteiger charge is -2.09. The number of carbonyl (C=O) groups excluding carboxylic acids is 2. The van der Waals surface area contributed by atoms with Gasteiger partial charge in [-0.1, -0.05) is 0 Å². The van der Waals surface area contributed by atoms with E-state index in [1.807, 2.05) is 0 Å². The molecule has 24 heavy (non-hydrogen) atoms. The molecule has 1 aromatic rings. The van der Waals surface area contributed by atoms with Gasteiger partial charge >= 0.3 is 11.9 Å². The molecule has 0 fully saturated rings. The average molecular weight is 340 g/mol. The molecule has 1 aromatic heterocycles. The Hall–Kier alpha value is -3.44. The van der Waals surface area contributed by atoms with Gasteiger partial charge < -0.3 is 32.3 Å². The maximum absolute atomic E-state index is 11.8. The van der Waals surface area contributed by atoms with E-state index in [9.17, 15) is 19.2 Å². The molecule has 0 aliphatic rings. The number of nitrogen functional groups attached to an aromatic ring is 2. The van der Waals surface area contributed by atoms with E-state index in [4.69, 9.17) is 21.7 Å². The lowest BCUT2D eigenvalue weighted by atomic mass is 10.3. The van der Waals surface area contributed by atoms with Crippen molar-refractivity contribution in [2.45, 2.75) is 12.8 Å². The number of rotatable bonds is 8. The molecule has 12 heteroatoms. The van der Waals surface area contributed by atoms with Gasteiger partial charge in [0.15, 0.2) is 23.0 Å². The number of nitrogens with zero attached hydrogens (tertiary/aromatic N) is 2. The number of anilines is 2. The molecule has 1 heterocycles. The van der Waals surface area contributed by atoms with E-state index < -0.39 is 23.8 Å². The quantitative estimate of drug-likeness (QED) is 0.308. The maximum atomic E-state index is 11.8. The fourth-order valence-corrected chi connectivity index (χ4v) is 1.53. The molecular weight excluding hydrogens is 324 g/mol. The number of aliphatic carboxylic acids is 2. The summed E-state index contributed by atoms with van der Waals surface area (Å²) < 4.78 is 0. The van der Waals surface area contributed by atoms with Crippen molar-refractivity contribution < 1.29 is 29.4 Å². The third kappa shape index (κ3) is 5.40. The number of carbonyl (C=O) groups is 4.